The number of benzene rings is 3. The molecule has 2 aromatic heterocycles. The quantitative estimate of drug-likeness (QED) is 0.201. The minimum Gasteiger partial charge on any atom is -0.478 e. The Labute approximate surface area is 256 Å². The van der Waals surface area contributed by atoms with Crippen LogP contribution >= 0.6 is 0 Å². The summed E-state index contributed by atoms with van der Waals surface area (Å²) in [7, 11) is 0. The summed E-state index contributed by atoms with van der Waals surface area (Å²) in [6.07, 6.45) is 0.583. The van der Waals surface area contributed by atoms with Crippen molar-refractivity contribution in [3.8, 4) is 23.2 Å². The molecule has 1 aliphatic rings. The van der Waals surface area contributed by atoms with Gasteiger partial charge >= 0.3 is 5.97 Å². The van der Waals surface area contributed by atoms with Crippen LogP contribution in [-0.4, -0.2) is 37.8 Å². The zero-order valence-corrected chi connectivity index (χ0v) is 24.4. The number of rotatable bonds is 8. The number of fused-ring (bicyclic) bond motifs is 1. The Hall–Kier alpha value is -5.21. The van der Waals surface area contributed by atoms with Crippen LogP contribution < -0.4 is 4.74 Å². The van der Waals surface area contributed by atoms with E-state index in [4.69, 9.17) is 19.7 Å². The van der Waals surface area contributed by atoms with E-state index in [2.05, 4.69) is 4.98 Å². The minimum absolute atomic E-state index is 0.0561. The molecule has 0 amide bonds. The highest BCUT2D eigenvalue weighted by Gasteiger charge is 2.39. The third-order valence-electron chi connectivity index (χ3n) is 8.03. The maximum atomic E-state index is 15.6. The summed E-state index contributed by atoms with van der Waals surface area (Å²) in [5, 5.41) is 18.5. The lowest BCUT2D eigenvalue weighted by atomic mass is 9.97. The number of hydrogen-bond acceptors (Lipinski definition) is 6. The highest BCUT2D eigenvalue weighted by Crippen LogP contribution is 2.39. The number of imidazole rings is 1. The zero-order valence-electron chi connectivity index (χ0n) is 24.4. The van der Waals surface area contributed by atoms with Gasteiger partial charge in [-0.25, -0.2) is 27.9 Å². The number of ether oxygens (including phenoxy) is 2. The summed E-state index contributed by atoms with van der Waals surface area (Å²) in [6, 6.07) is 17.0. The van der Waals surface area contributed by atoms with E-state index < -0.39 is 29.0 Å². The van der Waals surface area contributed by atoms with E-state index in [9.17, 15) is 14.3 Å². The van der Waals surface area contributed by atoms with E-state index in [1.807, 2.05) is 24.5 Å². The first kappa shape index (κ1) is 29.8. The molecule has 1 unspecified atom stereocenters. The standard InChI is InChI=1S/C34H27F3N4O4/c1-34(2)30(10-11-45-34)41-29-14-20(33(42)43)8-9-28(29)39-31(41)15-22-13-26(37)23(16-25(22)36)27-4-3-5-32(40-27)44-18-21-7-6-19(17-38)12-24(21)35/h3-9,12-14,16,30H,10-11,15,18H2,1-2H3,(H,42,43). The predicted molar refractivity (Wildman–Crippen MR) is 158 cm³/mol. The van der Waals surface area contributed by atoms with Crippen LogP contribution in [0, 0.1) is 28.8 Å². The number of aromatic nitrogens is 3. The van der Waals surface area contributed by atoms with Crippen molar-refractivity contribution >= 4 is 17.0 Å². The van der Waals surface area contributed by atoms with Crippen LogP contribution in [0.3, 0.4) is 0 Å². The van der Waals surface area contributed by atoms with E-state index in [1.165, 1.54) is 30.3 Å². The normalized spacial score (nSPS) is 15.7. The average Bonchev–Trinajstić information content (AvgIpc) is 3.55. The molecule has 1 fully saturated rings. The van der Waals surface area contributed by atoms with Gasteiger partial charge in [0.05, 0.1) is 45.6 Å². The van der Waals surface area contributed by atoms with Crippen molar-refractivity contribution < 1.29 is 32.5 Å². The van der Waals surface area contributed by atoms with E-state index in [0.29, 0.717) is 29.9 Å². The second-order valence-corrected chi connectivity index (χ2v) is 11.3. The maximum absolute atomic E-state index is 15.6. The Balaban J connectivity index is 1.30. The first-order chi connectivity index (χ1) is 21.5. The van der Waals surface area contributed by atoms with Gasteiger partial charge < -0.3 is 19.1 Å². The number of halogens is 3. The largest absolute Gasteiger partial charge is 0.478 e. The molecule has 1 atom stereocenters. The van der Waals surface area contributed by atoms with Crippen LogP contribution in [-0.2, 0) is 17.8 Å². The Kier molecular flexibility index (Phi) is 7.76. The third-order valence-corrected chi connectivity index (χ3v) is 8.03. The summed E-state index contributed by atoms with van der Waals surface area (Å²) in [4.78, 5) is 20.7. The number of nitriles is 1. The number of carbonyl (C=O) groups is 1. The van der Waals surface area contributed by atoms with Gasteiger partial charge in [-0.2, -0.15) is 5.26 Å². The minimum atomic E-state index is -1.08. The molecule has 5 aromatic rings. The monoisotopic (exact) mass is 612 g/mol. The average molecular weight is 613 g/mol. The van der Waals surface area contributed by atoms with Crippen molar-refractivity contribution in [3.05, 3.63) is 112 Å². The molecule has 0 saturated carbocycles. The van der Waals surface area contributed by atoms with Crippen LogP contribution in [0.2, 0.25) is 0 Å². The zero-order chi connectivity index (χ0) is 31.9. The fourth-order valence-electron chi connectivity index (χ4n) is 5.69. The van der Waals surface area contributed by atoms with Gasteiger partial charge in [0, 0.05) is 30.2 Å². The van der Waals surface area contributed by atoms with Crippen LogP contribution in [0.15, 0.2) is 66.7 Å². The van der Waals surface area contributed by atoms with Crippen molar-refractivity contribution in [1.82, 2.24) is 14.5 Å². The molecule has 1 saturated heterocycles. The SMILES string of the molecule is CC1(C)OCCC1n1c(Cc2cc(F)c(-c3cccc(OCc4ccc(C#N)cc4F)n3)cc2F)nc2ccc(C(=O)O)cc21. The van der Waals surface area contributed by atoms with Crippen molar-refractivity contribution in [3.63, 3.8) is 0 Å². The smallest absolute Gasteiger partial charge is 0.335 e. The number of pyridine rings is 1. The first-order valence-corrected chi connectivity index (χ1v) is 14.2. The molecule has 45 heavy (non-hydrogen) atoms. The van der Waals surface area contributed by atoms with Crippen LogP contribution in [0.1, 0.15) is 59.2 Å². The maximum Gasteiger partial charge on any atom is 0.335 e. The molecule has 0 bridgehead atoms. The molecule has 0 radical (unpaired) electrons. The molecule has 1 N–H and O–H groups in total. The van der Waals surface area contributed by atoms with E-state index in [1.54, 1.807) is 18.2 Å². The Morgan fingerprint density at radius 2 is 1.84 bits per heavy atom. The molecule has 11 heteroatoms. The molecular weight excluding hydrogens is 585 g/mol. The van der Waals surface area contributed by atoms with Crippen LogP contribution in [0.4, 0.5) is 13.2 Å². The van der Waals surface area contributed by atoms with Gasteiger partial charge in [0.15, 0.2) is 0 Å². The summed E-state index contributed by atoms with van der Waals surface area (Å²) < 4.78 is 58.9. The molecule has 6 rings (SSSR count). The van der Waals surface area contributed by atoms with Gasteiger partial charge in [-0.3, -0.25) is 0 Å². The highest BCUT2D eigenvalue weighted by atomic mass is 19.1. The summed E-state index contributed by atoms with van der Waals surface area (Å²) >= 11 is 0. The van der Waals surface area contributed by atoms with Crippen molar-refractivity contribution in [2.24, 2.45) is 0 Å². The summed E-state index contributed by atoms with van der Waals surface area (Å²) in [6.45, 7) is 4.18. The third kappa shape index (κ3) is 5.84. The van der Waals surface area contributed by atoms with Crippen molar-refractivity contribution in [1.29, 1.82) is 5.26 Å². The highest BCUT2D eigenvalue weighted by molar-refractivity contribution is 5.92. The lowest BCUT2D eigenvalue weighted by molar-refractivity contribution is 0.0146. The lowest BCUT2D eigenvalue weighted by Gasteiger charge is -2.29. The Bertz CT molecular complexity index is 2000. The molecule has 0 aliphatic carbocycles. The van der Waals surface area contributed by atoms with Gasteiger partial charge in [0.1, 0.15) is 29.9 Å². The van der Waals surface area contributed by atoms with Crippen LogP contribution in [0.25, 0.3) is 22.3 Å². The summed E-state index contributed by atoms with van der Waals surface area (Å²) in [5.74, 6) is -2.54. The number of carboxylic acids is 1. The number of carboxylic acid groups (broad SMARTS) is 1. The molecule has 1 aliphatic heterocycles. The van der Waals surface area contributed by atoms with Crippen molar-refractivity contribution in [2.75, 3.05) is 6.61 Å². The van der Waals surface area contributed by atoms with Gasteiger partial charge in [-0.05, 0) is 74.4 Å². The van der Waals surface area contributed by atoms with Gasteiger partial charge in [0.25, 0.3) is 0 Å². The van der Waals surface area contributed by atoms with E-state index >= 15 is 8.78 Å². The van der Waals surface area contributed by atoms with Gasteiger partial charge in [0.2, 0.25) is 5.88 Å². The number of nitrogens with zero attached hydrogens (tertiary/aromatic N) is 4. The summed E-state index contributed by atoms with van der Waals surface area (Å²) in [5.41, 5.74) is 1.09. The first-order valence-electron chi connectivity index (χ1n) is 14.2. The molecular formula is C34H27F3N4O4. The topological polar surface area (TPSA) is 110 Å². The van der Waals surface area contributed by atoms with Gasteiger partial charge in [-0.15, -0.1) is 0 Å². The van der Waals surface area contributed by atoms with Gasteiger partial charge in [-0.1, -0.05) is 12.1 Å². The molecule has 0 spiro atoms. The predicted octanol–water partition coefficient (Wildman–Crippen LogP) is 7.00. The van der Waals surface area contributed by atoms with E-state index in [0.717, 1.165) is 18.2 Å². The second-order valence-electron chi connectivity index (χ2n) is 11.3. The van der Waals surface area contributed by atoms with Crippen molar-refractivity contribution in [2.45, 2.75) is 44.9 Å². The van der Waals surface area contributed by atoms with Crippen LogP contribution in [0.5, 0.6) is 5.88 Å². The molecule has 3 aromatic carbocycles. The molecule has 8 nitrogen and oxygen atoms in total. The number of hydrogen-bond donors (Lipinski definition) is 1. The molecule has 228 valence electrons. The van der Waals surface area contributed by atoms with E-state index in [-0.39, 0.29) is 58.5 Å². The fourth-order valence-corrected chi connectivity index (χ4v) is 5.69. The fraction of sp³-hybridized carbons (Fsp3) is 0.235. The lowest BCUT2D eigenvalue weighted by Crippen LogP contribution is -2.31. The number of aromatic carboxylic acids is 1. The Morgan fingerprint density at radius 1 is 1.04 bits per heavy atom. The molecule has 3 heterocycles. The second kappa shape index (κ2) is 11.7. The Morgan fingerprint density at radius 3 is 2.56 bits per heavy atom.